The van der Waals surface area contributed by atoms with Crippen LogP contribution >= 0.6 is 11.8 Å². The van der Waals surface area contributed by atoms with Crippen LogP contribution in [0.4, 0.5) is 0 Å². The largest absolute Gasteiger partial charge is 0.361 e. The Hall–Kier alpha value is -2.54. The minimum absolute atomic E-state index is 0.105. The van der Waals surface area contributed by atoms with Crippen molar-refractivity contribution in [1.82, 2.24) is 20.7 Å². The SMILES string of the molecule is Cc1noc(C)c1CSc1ccccc1C(=O)NCc1ccn[nH]1. The Morgan fingerprint density at radius 2 is 2.12 bits per heavy atom. The molecule has 2 aromatic heterocycles. The number of carbonyl (C=O) groups is 1. The normalized spacial score (nSPS) is 10.8. The molecule has 0 saturated heterocycles. The van der Waals surface area contributed by atoms with Gasteiger partial charge in [-0.05, 0) is 32.0 Å². The summed E-state index contributed by atoms with van der Waals surface area (Å²) in [5.74, 6) is 1.43. The maximum atomic E-state index is 12.5. The average molecular weight is 342 g/mol. The third-order valence-electron chi connectivity index (χ3n) is 3.68. The number of aromatic nitrogens is 3. The van der Waals surface area contributed by atoms with Gasteiger partial charge >= 0.3 is 0 Å². The zero-order valence-corrected chi connectivity index (χ0v) is 14.3. The molecular formula is C17H18N4O2S. The number of H-pyrrole nitrogens is 1. The molecule has 1 aromatic carbocycles. The van der Waals surface area contributed by atoms with E-state index in [1.165, 1.54) is 0 Å². The smallest absolute Gasteiger partial charge is 0.252 e. The van der Waals surface area contributed by atoms with Gasteiger partial charge in [0.2, 0.25) is 0 Å². The van der Waals surface area contributed by atoms with Crippen LogP contribution < -0.4 is 5.32 Å². The number of carbonyl (C=O) groups excluding carboxylic acids is 1. The van der Waals surface area contributed by atoms with Gasteiger partial charge in [0.05, 0.1) is 23.5 Å². The number of benzene rings is 1. The summed E-state index contributed by atoms with van der Waals surface area (Å²) >= 11 is 1.60. The number of hydrogen-bond acceptors (Lipinski definition) is 5. The van der Waals surface area contributed by atoms with Crippen molar-refractivity contribution >= 4 is 17.7 Å². The molecule has 24 heavy (non-hydrogen) atoms. The molecule has 1 amide bonds. The molecule has 7 heteroatoms. The molecule has 2 heterocycles. The second-order valence-corrected chi connectivity index (χ2v) is 6.37. The number of aryl methyl sites for hydroxylation is 2. The molecule has 0 bridgehead atoms. The molecule has 0 fully saturated rings. The zero-order valence-electron chi connectivity index (χ0n) is 13.5. The van der Waals surface area contributed by atoms with Gasteiger partial charge in [0.25, 0.3) is 5.91 Å². The highest BCUT2D eigenvalue weighted by Crippen LogP contribution is 2.28. The van der Waals surface area contributed by atoms with E-state index in [1.807, 2.05) is 44.2 Å². The van der Waals surface area contributed by atoms with E-state index >= 15 is 0 Å². The third-order valence-corrected chi connectivity index (χ3v) is 4.78. The van der Waals surface area contributed by atoms with E-state index < -0.39 is 0 Å². The van der Waals surface area contributed by atoms with Crippen molar-refractivity contribution < 1.29 is 9.32 Å². The van der Waals surface area contributed by atoms with Crippen molar-refractivity contribution in [1.29, 1.82) is 0 Å². The minimum atomic E-state index is -0.105. The monoisotopic (exact) mass is 342 g/mol. The number of thioether (sulfide) groups is 1. The van der Waals surface area contributed by atoms with E-state index in [1.54, 1.807) is 18.0 Å². The molecule has 3 rings (SSSR count). The van der Waals surface area contributed by atoms with E-state index in [0.29, 0.717) is 17.9 Å². The Morgan fingerprint density at radius 3 is 2.83 bits per heavy atom. The van der Waals surface area contributed by atoms with Crippen LogP contribution in [0.2, 0.25) is 0 Å². The molecule has 0 aliphatic carbocycles. The Morgan fingerprint density at radius 1 is 1.29 bits per heavy atom. The number of aromatic amines is 1. The van der Waals surface area contributed by atoms with E-state index in [0.717, 1.165) is 27.6 Å². The molecule has 6 nitrogen and oxygen atoms in total. The molecule has 0 aliphatic rings. The van der Waals surface area contributed by atoms with E-state index in [4.69, 9.17) is 4.52 Å². The maximum absolute atomic E-state index is 12.5. The predicted molar refractivity (Wildman–Crippen MR) is 91.7 cm³/mol. The first kappa shape index (κ1) is 16.3. The lowest BCUT2D eigenvalue weighted by Crippen LogP contribution is -2.23. The highest BCUT2D eigenvalue weighted by atomic mass is 32.2. The van der Waals surface area contributed by atoms with E-state index in [-0.39, 0.29) is 5.91 Å². The van der Waals surface area contributed by atoms with Crippen LogP contribution in [0.3, 0.4) is 0 Å². The molecule has 0 spiro atoms. The van der Waals surface area contributed by atoms with Gasteiger partial charge in [0, 0.05) is 22.4 Å². The third kappa shape index (κ3) is 3.68. The van der Waals surface area contributed by atoms with E-state index in [9.17, 15) is 4.79 Å². The van der Waals surface area contributed by atoms with Crippen LogP contribution in [-0.2, 0) is 12.3 Å². The summed E-state index contributed by atoms with van der Waals surface area (Å²) in [4.78, 5) is 13.4. The minimum Gasteiger partial charge on any atom is -0.361 e. The molecule has 3 aromatic rings. The molecule has 0 unspecified atom stereocenters. The van der Waals surface area contributed by atoms with Crippen molar-refractivity contribution in [3.05, 3.63) is 64.8 Å². The highest BCUT2D eigenvalue weighted by Gasteiger charge is 2.14. The van der Waals surface area contributed by atoms with Crippen LogP contribution in [0.5, 0.6) is 0 Å². The Kier molecular flexibility index (Phi) is 5.00. The molecular weight excluding hydrogens is 324 g/mol. The second kappa shape index (κ2) is 7.35. The molecule has 0 atom stereocenters. The second-order valence-electron chi connectivity index (χ2n) is 5.35. The van der Waals surface area contributed by atoms with Gasteiger partial charge in [-0.2, -0.15) is 5.10 Å². The summed E-state index contributed by atoms with van der Waals surface area (Å²) in [5, 5.41) is 13.6. The van der Waals surface area contributed by atoms with Crippen molar-refractivity contribution in [3.63, 3.8) is 0 Å². The van der Waals surface area contributed by atoms with Gasteiger partial charge in [-0.25, -0.2) is 0 Å². The zero-order chi connectivity index (χ0) is 16.9. The van der Waals surface area contributed by atoms with Gasteiger partial charge in [-0.1, -0.05) is 17.3 Å². The van der Waals surface area contributed by atoms with Crippen LogP contribution in [-0.4, -0.2) is 21.3 Å². The fourth-order valence-electron chi connectivity index (χ4n) is 2.29. The highest BCUT2D eigenvalue weighted by molar-refractivity contribution is 7.98. The Labute approximate surface area is 144 Å². The van der Waals surface area contributed by atoms with Crippen molar-refractivity contribution in [3.8, 4) is 0 Å². The van der Waals surface area contributed by atoms with Crippen molar-refractivity contribution in [2.75, 3.05) is 0 Å². The summed E-state index contributed by atoms with van der Waals surface area (Å²) in [6.45, 7) is 4.25. The van der Waals surface area contributed by atoms with Crippen LogP contribution in [0.15, 0.2) is 45.9 Å². The molecule has 0 aliphatic heterocycles. The lowest BCUT2D eigenvalue weighted by molar-refractivity contribution is 0.0947. The summed E-state index contributed by atoms with van der Waals surface area (Å²) < 4.78 is 5.19. The van der Waals surface area contributed by atoms with Gasteiger partial charge in [0.15, 0.2) is 0 Å². The summed E-state index contributed by atoms with van der Waals surface area (Å²) in [7, 11) is 0. The first-order valence-electron chi connectivity index (χ1n) is 7.55. The summed E-state index contributed by atoms with van der Waals surface area (Å²) in [5.41, 5.74) is 3.49. The van der Waals surface area contributed by atoms with Crippen LogP contribution in [0, 0.1) is 13.8 Å². The molecule has 0 saturated carbocycles. The number of nitrogens with zero attached hydrogens (tertiary/aromatic N) is 2. The maximum Gasteiger partial charge on any atom is 0.252 e. The standard InChI is InChI=1S/C17H18N4O2S/c1-11-15(12(2)23-21-11)10-24-16-6-4-3-5-14(16)17(22)18-9-13-7-8-19-20-13/h3-8H,9-10H2,1-2H3,(H,18,22)(H,19,20). The molecule has 124 valence electrons. The molecule has 0 radical (unpaired) electrons. The van der Waals surface area contributed by atoms with Crippen LogP contribution in [0.1, 0.15) is 33.1 Å². The molecule has 2 N–H and O–H groups in total. The Bertz CT molecular complexity index is 807. The number of amides is 1. The van der Waals surface area contributed by atoms with Gasteiger partial charge in [-0.15, -0.1) is 11.8 Å². The fraction of sp³-hybridized carbons (Fsp3) is 0.235. The lowest BCUT2D eigenvalue weighted by atomic mass is 10.2. The predicted octanol–water partition coefficient (Wildman–Crippen LogP) is 3.24. The van der Waals surface area contributed by atoms with E-state index in [2.05, 4.69) is 20.7 Å². The Balaban J connectivity index is 1.69. The van der Waals surface area contributed by atoms with Crippen LogP contribution in [0.25, 0.3) is 0 Å². The van der Waals surface area contributed by atoms with Gasteiger partial charge in [-0.3, -0.25) is 9.89 Å². The van der Waals surface area contributed by atoms with Gasteiger partial charge < -0.3 is 9.84 Å². The number of hydrogen-bond donors (Lipinski definition) is 2. The number of rotatable bonds is 6. The van der Waals surface area contributed by atoms with Gasteiger partial charge in [0.1, 0.15) is 5.76 Å². The van der Waals surface area contributed by atoms with Crippen molar-refractivity contribution in [2.24, 2.45) is 0 Å². The topological polar surface area (TPSA) is 83.8 Å². The van der Waals surface area contributed by atoms with Crippen molar-refractivity contribution in [2.45, 2.75) is 31.0 Å². The lowest BCUT2D eigenvalue weighted by Gasteiger charge is -2.09. The first-order valence-corrected chi connectivity index (χ1v) is 8.53. The average Bonchev–Trinajstić information content (AvgIpc) is 3.22. The first-order chi connectivity index (χ1) is 11.6. The quantitative estimate of drug-likeness (QED) is 0.672. The fourth-order valence-corrected chi connectivity index (χ4v) is 3.49. The summed E-state index contributed by atoms with van der Waals surface area (Å²) in [6.07, 6.45) is 1.66. The number of nitrogens with one attached hydrogen (secondary N) is 2. The summed E-state index contributed by atoms with van der Waals surface area (Å²) in [6, 6.07) is 9.41.